The van der Waals surface area contributed by atoms with Crippen LogP contribution in [-0.2, 0) is 21.4 Å². The van der Waals surface area contributed by atoms with Crippen LogP contribution in [0, 0.1) is 0 Å². The zero-order valence-corrected chi connectivity index (χ0v) is 22.3. The molecule has 0 aliphatic heterocycles. The van der Waals surface area contributed by atoms with Crippen molar-refractivity contribution in [3.63, 3.8) is 0 Å². The maximum atomic E-state index is 13.4. The smallest absolute Gasteiger partial charge is 0.264 e. The van der Waals surface area contributed by atoms with Crippen LogP contribution in [0.1, 0.15) is 11.1 Å². The number of carbonyl (C=O) groups is 1. The molecule has 0 aliphatic carbocycles. The Morgan fingerprint density at radius 2 is 1.45 bits per heavy atom. The second-order valence-electron chi connectivity index (χ2n) is 8.05. The van der Waals surface area contributed by atoms with E-state index in [-0.39, 0.29) is 4.90 Å². The normalized spacial score (nSPS) is 11.3. The number of carbonyl (C=O) groups excluding carboxylic acids is 1. The number of amides is 1. The lowest BCUT2D eigenvalue weighted by atomic mass is 10.2. The Bertz CT molecular complexity index is 1510. The lowest BCUT2D eigenvalue weighted by molar-refractivity contribution is -0.119. The number of anilines is 1. The predicted octanol–water partition coefficient (Wildman–Crippen LogP) is 5.92. The highest BCUT2D eigenvalue weighted by molar-refractivity contribution is 7.92. The molecule has 0 heterocycles. The Balaban J connectivity index is 1.46. The molecule has 7 nitrogen and oxygen atoms in total. The van der Waals surface area contributed by atoms with Crippen LogP contribution >= 0.6 is 23.2 Å². The molecule has 0 bridgehead atoms. The third-order valence-corrected chi connectivity index (χ3v) is 7.64. The molecule has 4 rings (SSSR count). The first-order valence-corrected chi connectivity index (χ1v) is 13.6. The first kappa shape index (κ1) is 27.2. The van der Waals surface area contributed by atoms with E-state index >= 15 is 0 Å². The lowest BCUT2D eigenvalue weighted by Crippen LogP contribution is -2.39. The second-order valence-corrected chi connectivity index (χ2v) is 10.8. The van der Waals surface area contributed by atoms with Crippen molar-refractivity contribution in [1.82, 2.24) is 5.43 Å². The average molecular weight is 568 g/mol. The minimum Gasteiger partial charge on any atom is -0.488 e. The molecule has 0 unspecified atom stereocenters. The summed E-state index contributed by atoms with van der Waals surface area (Å²) in [4.78, 5) is 12.8. The van der Waals surface area contributed by atoms with Gasteiger partial charge in [-0.15, -0.1) is 0 Å². The molecular formula is C28H23Cl2N3O4S. The van der Waals surface area contributed by atoms with Crippen molar-refractivity contribution in [3.8, 4) is 5.75 Å². The number of hydrogen-bond donors (Lipinski definition) is 1. The first-order valence-electron chi connectivity index (χ1n) is 11.4. The summed E-state index contributed by atoms with van der Waals surface area (Å²) >= 11 is 11.9. The fraction of sp³-hybridized carbons (Fsp3) is 0.0714. The van der Waals surface area contributed by atoms with Gasteiger partial charge in [0.15, 0.2) is 0 Å². The highest BCUT2D eigenvalue weighted by Crippen LogP contribution is 2.25. The fourth-order valence-corrected chi connectivity index (χ4v) is 5.14. The van der Waals surface area contributed by atoms with Crippen molar-refractivity contribution in [2.45, 2.75) is 11.5 Å². The highest BCUT2D eigenvalue weighted by Gasteiger charge is 2.27. The van der Waals surface area contributed by atoms with Crippen molar-refractivity contribution >= 4 is 51.0 Å². The molecule has 4 aromatic rings. The maximum Gasteiger partial charge on any atom is 0.264 e. The lowest BCUT2D eigenvalue weighted by Gasteiger charge is -2.23. The fourth-order valence-electron chi connectivity index (χ4n) is 3.44. The van der Waals surface area contributed by atoms with E-state index in [0.29, 0.717) is 33.7 Å². The second kappa shape index (κ2) is 12.6. The molecule has 0 fully saturated rings. The van der Waals surface area contributed by atoms with Crippen molar-refractivity contribution in [1.29, 1.82) is 0 Å². The standard InChI is InChI=1S/C28H23Cl2N3O4S/c29-23-12-10-21(11-13-23)20-37-27-9-5-4-6-22(27)18-31-32-28(34)19-33(25-16-14-24(30)15-17-25)38(35,36)26-7-2-1-3-8-26/h1-18H,19-20H2,(H,32,34)/b31-18-. The molecule has 4 aromatic carbocycles. The number of nitrogens with one attached hydrogen (secondary N) is 1. The van der Waals surface area contributed by atoms with E-state index < -0.39 is 22.5 Å². The van der Waals surface area contributed by atoms with Gasteiger partial charge in [-0.05, 0) is 66.2 Å². The Kier molecular flexibility index (Phi) is 9.02. The third kappa shape index (κ3) is 7.13. The van der Waals surface area contributed by atoms with Crippen molar-refractivity contribution in [2.24, 2.45) is 5.10 Å². The molecular weight excluding hydrogens is 545 g/mol. The van der Waals surface area contributed by atoms with Crippen molar-refractivity contribution < 1.29 is 17.9 Å². The summed E-state index contributed by atoms with van der Waals surface area (Å²) in [7, 11) is -4.03. The Morgan fingerprint density at radius 1 is 0.842 bits per heavy atom. The van der Waals surface area contributed by atoms with E-state index in [1.807, 2.05) is 24.3 Å². The van der Waals surface area contributed by atoms with Gasteiger partial charge < -0.3 is 4.74 Å². The minimum absolute atomic E-state index is 0.0537. The van der Waals surface area contributed by atoms with Gasteiger partial charge in [0.1, 0.15) is 18.9 Å². The summed E-state index contributed by atoms with van der Waals surface area (Å²) in [6, 6.07) is 28.6. The van der Waals surface area contributed by atoms with E-state index in [1.54, 1.807) is 54.6 Å². The zero-order valence-electron chi connectivity index (χ0n) is 20.0. The van der Waals surface area contributed by atoms with E-state index in [2.05, 4.69) is 10.5 Å². The van der Waals surface area contributed by atoms with Crippen LogP contribution in [0.2, 0.25) is 10.0 Å². The summed E-state index contributed by atoms with van der Waals surface area (Å²) in [5.41, 5.74) is 4.27. The summed E-state index contributed by atoms with van der Waals surface area (Å²) in [5, 5.41) is 5.10. The van der Waals surface area contributed by atoms with Gasteiger partial charge in [-0.3, -0.25) is 9.10 Å². The van der Waals surface area contributed by atoms with Crippen LogP contribution in [-0.4, -0.2) is 27.1 Å². The van der Waals surface area contributed by atoms with Gasteiger partial charge in [0.2, 0.25) is 0 Å². The first-order chi connectivity index (χ1) is 18.3. The van der Waals surface area contributed by atoms with E-state index in [9.17, 15) is 13.2 Å². The van der Waals surface area contributed by atoms with E-state index in [4.69, 9.17) is 27.9 Å². The average Bonchev–Trinajstić information content (AvgIpc) is 2.93. The predicted molar refractivity (Wildman–Crippen MR) is 150 cm³/mol. The molecule has 194 valence electrons. The van der Waals surface area contributed by atoms with Crippen LogP contribution < -0.4 is 14.5 Å². The van der Waals surface area contributed by atoms with Gasteiger partial charge in [-0.2, -0.15) is 5.10 Å². The molecule has 0 aromatic heterocycles. The number of nitrogens with zero attached hydrogens (tertiary/aromatic N) is 2. The van der Waals surface area contributed by atoms with Crippen molar-refractivity contribution in [2.75, 3.05) is 10.8 Å². The number of hydrazone groups is 1. The molecule has 0 aliphatic rings. The van der Waals surface area contributed by atoms with Gasteiger partial charge in [0.25, 0.3) is 15.9 Å². The van der Waals surface area contributed by atoms with Crippen LogP contribution in [0.25, 0.3) is 0 Å². The Hall–Kier alpha value is -3.85. The van der Waals surface area contributed by atoms with Gasteiger partial charge >= 0.3 is 0 Å². The number of benzene rings is 4. The van der Waals surface area contributed by atoms with Crippen LogP contribution in [0.15, 0.2) is 113 Å². The largest absolute Gasteiger partial charge is 0.488 e. The van der Waals surface area contributed by atoms with E-state index in [1.165, 1.54) is 30.5 Å². The Labute approximate surface area is 231 Å². The highest BCUT2D eigenvalue weighted by atomic mass is 35.5. The molecule has 0 saturated carbocycles. The van der Waals surface area contributed by atoms with Gasteiger partial charge in [-0.1, -0.05) is 65.7 Å². The summed E-state index contributed by atoms with van der Waals surface area (Å²) in [5.74, 6) is -0.0647. The van der Waals surface area contributed by atoms with E-state index in [0.717, 1.165) is 9.87 Å². The summed E-state index contributed by atoms with van der Waals surface area (Å²) < 4.78 is 33.6. The Morgan fingerprint density at radius 3 is 2.13 bits per heavy atom. The SMILES string of the molecule is O=C(CN(c1ccc(Cl)cc1)S(=O)(=O)c1ccccc1)N/N=C\c1ccccc1OCc1ccc(Cl)cc1. The third-order valence-electron chi connectivity index (χ3n) is 5.35. The number of hydrogen-bond acceptors (Lipinski definition) is 5. The topological polar surface area (TPSA) is 88.1 Å². The molecule has 1 N–H and O–H groups in total. The summed E-state index contributed by atoms with van der Waals surface area (Å²) in [6.07, 6.45) is 1.44. The molecule has 38 heavy (non-hydrogen) atoms. The van der Waals surface area contributed by atoms with Gasteiger partial charge in [0, 0.05) is 15.6 Å². The molecule has 1 amide bonds. The van der Waals surface area contributed by atoms with Crippen LogP contribution in [0.4, 0.5) is 5.69 Å². The molecule has 0 radical (unpaired) electrons. The van der Waals surface area contributed by atoms with Gasteiger partial charge in [-0.25, -0.2) is 13.8 Å². The molecule has 0 spiro atoms. The maximum absolute atomic E-state index is 13.4. The number of ether oxygens (including phenoxy) is 1. The quantitative estimate of drug-likeness (QED) is 0.190. The molecule has 0 atom stereocenters. The molecule has 10 heteroatoms. The number of rotatable bonds is 10. The minimum atomic E-state index is -4.03. The number of para-hydroxylation sites is 1. The van der Waals surface area contributed by atoms with Gasteiger partial charge in [0.05, 0.1) is 16.8 Å². The monoisotopic (exact) mass is 567 g/mol. The number of halogens is 2. The summed E-state index contributed by atoms with van der Waals surface area (Å²) in [6.45, 7) is -0.174. The van der Waals surface area contributed by atoms with Crippen LogP contribution in [0.3, 0.4) is 0 Å². The van der Waals surface area contributed by atoms with Crippen molar-refractivity contribution in [3.05, 3.63) is 124 Å². The molecule has 0 saturated heterocycles. The number of sulfonamides is 1. The van der Waals surface area contributed by atoms with Crippen LogP contribution in [0.5, 0.6) is 5.75 Å². The zero-order chi connectivity index (χ0) is 27.0.